The number of amides is 2. The molecule has 6 nitrogen and oxygen atoms in total. The minimum Gasteiger partial charge on any atom is -0.457 e. The summed E-state index contributed by atoms with van der Waals surface area (Å²) in [7, 11) is 0. The topological polar surface area (TPSA) is 73.9 Å². The molecule has 4 rings (SSSR count). The number of cyclic esters (lactones) is 1. The van der Waals surface area contributed by atoms with Crippen LogP contribution in [-0.4, -0.2) is 12.0 Å². The number of halogens is 2. The molecule has 1 N–H and O–H groups in total. The van der Waals surface area contributed by atoms with Gasteiger partial charge in [0.1, 0.15) is 23.0 Å². The molecule has 1 fully saturated rings. The van der Waals surface area contributed by atoms with Crippen molar-refractivity contribution in [2.24, 2.45) is 0 Å². The number of imide groups is 1. The molecule has 0 aliphatic carbocycles. The summed E-state index contributed by atoms with van der Waals surface area (Å²) >= 11 is 8.40. The van der Waals surface area contributed by atoms with Crippen molar-refractivity contribution in [3.63, 3.8) is 0 Å². The Morgan fingerprint density at radius 1 is 0.971 bits per heavy atom. The third-order valence-corrected chi connectivity index (χ3v) is 6.56. The van der Waals surface area contributed by atoms with Gasteiger partial charge >= 0.3 is 6.09 Å². The third-order valence-electron chi connectivity index (χ3n) is 5.50. The summed E-state index contributed by atoms with van der Waals surface area (Å²) in [6.45, 7) is 3.65. The molecule has 0 bridgehead atoms. The zero-order valence-corrected chi connectivity index (χ0v) is 21.6. The number of nitrogens with one attached hydrogen (secondary N) is 1. The lowest BCUT2D eigenvalue weighted by Gasteiger charge is -2.20. The fraction of sp³-hybridized carbons (Fsp3) is 0.231. The van der Waals surface area contributed by atoms with E-state index in [0.717, 1.165) is 34.1 Å². The lowest BCUT2D eigenvalue weighted by molar-refractivity contribution is -0.130. The zero-order valence-electron chi connectivity index (χ0n) is 18.7. The van der Waals surface area contributed by atoms with Crippen LogP contribution in [0.1, 0.15) is 37.0 Å². The van der Waals surface area contributed by atoms with Crippen molar-refractivity contribution in [1.82, 2.24) is 5.32 Å². The summed E-state index contributed by atoms with van der Waals surface area (Å²) in [6, 6.07) is 18.3. The summed E-state index contributed by atoms with van der Waals surface area (Å²) in [5.74, 6) is 2.19. The molecule has 1 atom stereocenters. The standard InChI is InChI=1S/C26H23ClINO5/c1-3-5-16-13-21(33-23-10-8-19(27)12-17(23)15-28)9-11-22(16)32-20-7-4-6-18(14-20)26(2)24(30)29-25(31)34-26/h4,6-14H,3,5,15H2,1-2H3,(H,29,30,31)/t26-/m1/s1. The van der Waals surface area contributed by atoms with Crippen LogP contribution in [0.15, 0.2) is 60.7 Å². The minimum atomic E-state index is -1.39. The van der Waals surface area contributed by atoms with Gasteiger partial charge in [-0.15, -0.1) is 0 Å². The molecule has 1 aliphatic rings. The van der Waals surface area contributed by atoms with Crippen LogP contribution in [0.5, 0.6) is 23.0 Å². The maximum absolute atomic E-state index is 12.2. The van der Waals surface area contributed by atoms with Crippen LogP contribution in [0, 0.1) is 0 Å². The van der Waals surface area contributed by atoms with Crippen molar-refractivity contribution in [2.75, 3.05) is 0 Å². The van der Waals surface area contributed by atoms with E-state index in [1.165, 1.54) is 0 Å². The lowest BCUT2D eigenvalue weighted by atomic mass is 9.95. The lowest BCUT2D eigenvalue weighted by Crippen LogP contribution is -2.33. The Bertz CT molecular complexity index is 1250. The highest BCUT2D eigenvalue weighted by Crippen LogP contribution is 2.36. The van der Waals surface area contributed by atoms with E-state index in [1.807, 2.05) is 36.4 Å². The number of hydrogen-bond acceptors (Lipinski definition) is 5. The van der Waals surface area contributed by atoms with Gasteiger partial charge in [0.25, 0.3) is 5.91 Å². The molecule has 0 unspecified atom stereocenters. The number of carbonyl (C=O) groups excluding carboxylic acids is 2. The molecule has 0 aromatic heterocycles. The number of hydrogen-bond donors (Lipinski definition) is 1. The van der Waals surface area contributed by atoms with Gasteiger partial charge in [0.2, 0.25) is 5.60 Å². The molecule has 3 aromatic carbocycles. The fourth-order valence-electron chi connectivity index (χ4n) is 3.71. The molecule has 1 heterocycles. The second kappa shape index (κ2) is 10.2. The van der Waals surface area contributed by atoms with E-state index in [-0.39, 0.29) is 0 Å². The molecule has 0 radical (unpaired) electrons. The largest absolute Gasteiger partial charge is 0.457 e. The van der Waals surface area contributed by atoms with Crippen molar-refractivity contribution in [3.05, 3.63) is 82.4 Å². The maximum atomic E-state index is 12.2. The predicted molar refractivity (Wildman–Crippen MR) is 138 cm³/mol. The van der Waals surface area contributed by atoms with Crippen molar-refractivity contribution in [1.29, 1.82) is 0 Å². The van der Waals surface area contributed by atoms with Crippen molar-refractivity contribution < 1.29 is 23.8 Å². The Hall–Kier alpha value is -2.78. The summed E-state index contributed by atoms with van der Waals surface area (Å²) in [5.41, 5.74) is 1.15. The Morgan fingerprint density at radius 2 is 1.68 bits per heavy atom. The first kappa shape index (κ1) is 24.3. The number of carbonyl (C=O) groups is 2. The number of alkyl carbamates (subject to hydrolysis) is 1. The van der Waals surface area contributed by atoms with Crippen LogP contribution in [0.4, 0.5) is 4.79 Å². The van der Waals surface area contributed by atoms with Crippen LogP contribution in [0.3, 0.4) is 0 Å². The number of aryl methyl sites for hydroxylation is 1. The normalized spacial score (nSPS) is 17.3. The van der Waals surface area contributed by atoms with E-state index in [9.17, 15) is 9.59 Å². The molecule has 176 valence electrons. The number of alkyl halides is 1. The Labute approximate surface area is 216 Å². The molecule has 1 saturated heterocycles. The molecule has 1 aliphatic heterocycles. The Morgan fingerprint density at radius 3 is 2.35 bits per heavy atom. The monoisotopic (exact) mass is 591 g/mol. The Kier molecular flexibility index (Phi) is 7.33. The van der Waals surface area contributed by atoms with Gasteiger partial charge in [0.15, 0.2) is 0 Å². The van der Waals surface area contributed by atoms with Crippen LogP contribution in [0.25, 0.3) is 0 Å². The van der Waals surface area contributed by atoms with Crippen molar-refractivity contribution >= 4 is 46.2 Å². The van der Waals surface area contributed by atoms with Gasteiger partial charge in [-0.1, -0.05) is 59.7 Å². The van der Waals surface area contributed by atoms with E-state index in [2.05, 4.69) is 34.8 Å². The molecule has 0 spiro atoms. The predicted octanol–water partition coefficient (Wildman–Crippen LogP) is 7.29. The highest BCUT2D eigenvalue weighted by atomic mass is 127. The quantitative estimate of drug-likeness (QED) is 0.220. The van der Waals surface area contributed by atoms with E-state index in [1.54, 1.807) is 31.2 Å². The first-order valence-corrected chi connectivity index (χ1v) is 12.7. The van der Waals surface area contributed by atoms with Crippen LogP contribution in [-0.2, 0) is 26.0 Å². The Balaban J connectivity index is 1.59. The SMILES string of the molecule is CCCc1cc(Oc2ccc(Cl)cc2CI)ccc1Oc1cccc([C@@]2(C)OC(=O)NC2=O)c1. The molecular weight excluding hydrogens is 569 g/mol. The van der Waals surface area contributed by atoms with Gasteiger partial charge in [-0.25, -0.2) is 4.79 Å². The zero-order chi connectivity index (χ0) is 24.3. The van der Waals surface area contributed by atoms with Gasteiger partial charge in [-0.3, -0.25) is 10.1 Å². The van der Waals surface area contributed by atoms with Crippen molar-refractivity contribution in [2.45, 2.75) is 36.7 Å². The number of ether oxygens (including phenoxy) is 3. The number of benzene rings is 3. The van der Waals surface area contributed by atoms with Crippen LogP contribution >= 0.6 is 34.2 Å². The van der Waals surface area contributed by atoms with Gasteiger partial charge in [0, 0.05) is 20.6 Å². The van der Waals surface area contributed by atoms with Gasteiger partial charge in [-0.05, 0) is 67.4 Å². The first-order chi connectivity index (χ1) is 16.3. The summed E-state index contributed by atoms with van der Waals surface area (Å²) < 4.78 is 18.4. The average Bonchev–Trinajstić information content (AvgIpc) is 3.09. The molecule has 8 heteroatoms. The highest BCUT2D eigenvalue weighted by Gasteiger charge is 2.46. The van der Waals surface area contributed by atoms with Gasteiger partial charge in [-0.2, -0.15) is 0 Å². The highest BCUT2D eigenvalue weighted by molar-refractivity contribution is 14.1. The summed E-state index contributed by atoms with van der Waals surface area (Å²) in [5, 5.41) is 2.85. The van der Waals surface area contributed by atoms with E-state index in [0.29, 0.717) is 27.8 Å². The van der Waals surface area contributed by atoms with E-state index < -0.39 is 17.6 Å². The molecule has 3 aromatic rings. The van der Waals surface area contributed by atoms with Gasteiger partial charge < -0.3 is 14.2 Å². The van der Waals surface area contributed by atoms with E-state index >= 15 is 0 Å². The van der Waals surface area contributed by atoms with E-state index in [4.69, 9.17) is 25.8 Å². The molecular formula is C26H23ClINO5. The van der Waals surface area contributed by atoms with Crippen LogP contribution in [0.2, 0.25) is 5.02 Å². The van der Waals surface area contributed by atoms with Crippen molar-refractivity contribution in [3.8, 4) is 23.0 Å². The second-order valence-electron chi connectivity index (χ2n) is 8.01. The molecule has 0 saturated carbocycles. The molecule has 34 heavy (non-hydrogen) atoms. The van der Waals surface area contributed by atoms with Gasteiger partial charge in [0.05, 0.1) is 0 Å². The minimum absolute atomic E-state index is 0.504. The molecule has 2 amide bonds. The third kappa shape index (κ3) is 5.15. The smallest absolute Gasteiger partial charge is 0.415 e. The van der Waals surface area contributed by atoms with Crippen LogP contribution < -0.4 is 14.8 Å². The maximum Gasteiger partial charge on any atom is 0.415 e. The summed E-state index contributed by atoms with van der Waals surface area (Å²) in [4.78, 5) is 23.8. The first-order valence-electron chi connectivity index (χ1n) is 10.8. The number of rotatable bonds is 8. The second-order valence-corrected chi connectivity index (χ2v) is 9.21. The fourth-order valence-corrected chi connectivity index (χ4v) is 4.50. The average molecular weight is 592 g/mol. The summed E-state index contributed by atoms with van der Waals surface area (Å²) in [6.07, 6.45) is 0.962.